The molecule has 6 nitrogen and oxygen atoms in total. The molecule has 1 saturated heterocycles. The lowest BCUT2D eigenvalue weighted by Crippen LogP contribution is -2.47. The number of aromatic carboxylic acids is 1. The van der Waals surface area contributed by atoms with E-state index in [1.54, 1.807) is 17.0 Å². The van der Waals surface area contributed by atoms with Crippen LogP contribution >= 0.6 is 0 Å². The summed E-state index contributed by atoms with van der Waals surface area (Å²) in [7, 11) is 0. The van der Waals surface area contributed by atoms with Crippen molar-refractivity contribution in [3.63, 3.8) is 0 Å². The Morgan fingerprint density at radius 2 is 2.24 bits per heavy atom. The molecular weight excluding hydrogens is 272 g/mol. The molecule has 0 aliphatic carbocycles. The number of hydrogen-bond donors (Lipinski definition) is 2. The maximum atomic E-state index is 12.4. The lowest BCUT2D eigenvalue weighted by molar-refractivity contribution is 0.0695. The summed E-state index contributed by atoms with van der Waals surface area (Å²) in [6.07, 6.45) is 2.28. The fourth-order valence-corrected chi connectivity index (χ4v) is 2.94. The highest BCUT2D eigenvalue weighted by Gasteiger charge is 2.28. The van der Waals surface area contributed by atoms with Crippen molar-refractivity contribution in [2.24, 2.45) is 0 Å². The first-order chi connectivity index (χ1) is 10.2. The summed E-state index contributed by atoms with van der Waals surface area (Å²) in [6.45, 7) is 1.82. The Morgan fingerprint density at radius 1 is 1.38 bits per heavy atom. The van der Waals surface area contributed by atoms with Crippen molar-refractivity contribution < 1.29 is 19.4 Å². The molecule has 0 aromatic heterocycles. The Morgan fingerprint density at radius 3 is 2.95 bits per heavy atom. The molecule has 2 aliphatic rings. The molecule has 3 rings (SSSR count). The molecule has 0 bridgehead atoms. The molecule has 6 heteroatoms. The number of carboxylic acids is 1. The number of anilines is 1. The summed E-state index contributed by atoms with van der Waals surface area (Å²) in [5.74, 6) is -0.946. The Bertz CT molecular complexity index is 567. The number of rotatable bonds is 2. The number of ether oxygens (including phenoxy) is 1. The molecule has 1 atom stereocenters. The van der Waals surface area contributed by atoms with Gasteiger partial charge in [0.15, 0.2) is 0 Å². The average Bonchev–Trinajstić information content (AvgIpc) is 2.98. The van der Waals surface area contributed by atoms with Crippen LogP contribution in [0.3, 0.4) is 0 Å². The van der Waals surface area contributed by atoms with Gasteiger partial charge in [0.05, 0.1) is 18.2 Å². The Kier molecular flexibility index (Phi) is 3.79. The number of urea groups is 1. The van der Waals surface area contributed by atoms with Gasteiger partial charge in [0, 0.05) is 18.8 Å². The molecule has 1 unspecified atom stereocenters. The number of hydrogen-bond acceptors (Lipinski definition) is 3. The SMILES string of the molecule is O=C(O)c1cccc2c1CCCN2C(=O)NC1CCOC1. The van der Waals surface area contributed by atoms with Crippen molar-refractivity contribution in [1.82, 2.24) is 5.32 Å². The second-order valence-corrected chi connectivity index (χ2v) is 5.37. The van der Waals surface area contributed by atoms with E-state index in [-0.39, 0.29) is 17.6 Å². The highest BCUT2D eigenvalue weighted by atomic mass is 16.5. The van der Waals surface area contributed by atoms with Gasteiger partial charge < -0.3 is 15.2 Å². The molecule has 0 radical (unpaired) electrons. The zero-order valence-electron chi connectivity index (χ0n) is 11.7. The van der Waals surface area contributed by atoms with E-state index >= 15 is 0 Å². The second-order valence-electron chi connectivity index (χ2n) is 5.37. The van der Waals surface area contributed by atoms with Crippen LogP contribution in [-0.4, -0.2) is 42.9 Å². The van der Waals surface area contributed by atoms with Crippen molar-refractivity contribution in [2.75, 3.05) is 24.7 Å². The Labute approximate surface area is 122 Å². The van der Waals surface area contributed by atoms with Crippen LogP contribution in [0.2, 0.25) is 0 Å². The van der Waals surface area contributed by atoms with Gasteiger partial charge in [-0.25, -0.2) is 9.59 Å². The number of benzene rings is 1. The lowest BCUT2D eigenvalue weighted by Gasteiger charge is -2.31. The molecular formula is C15H18N2O4. The van der Waals surface area contributed by atoms with Crippen LogP contribution in [0.4, 0.5) is 10.5 Å². The summed E-state index contributed by atoms with van der Waals surface area (Å²) in [5, 5.41) is 12.2. The van der Waals surface area contributed by atoms with Gasteiger partial charge in [0.2, 0.25) is 0 Å². The van der Waals surface area contributed by atoms with E-state index in [9.17, 15) is 14.7 Å². The lowest BCUT2D eigenvalue weighted by atomic mass is 9.96. The van der Waals surface area contributed by atoms with E-state index < -0.39 is 5.97 Å². The third-order valence-electron chi connectivity index (χ3n) is 3.98. The van der Waals surface area contributed by atoms with Crippen LogP contribution in [0.25, 0.3) is 0 Å². The number of nitrogens with one attached hydrogen (secondary N) is 1. The molecule has 2 amide bonds. The summed E-state index contributed by atoms with van der Waals surface area (Å²) in [5.41, 5.74) is 1.74. The third kappa shape index (κ3) is 2.71. The minimum Gasteiger partial charge on any atom is -0.478 e. The molecule has 1 aromatic carbocycles. The van der Waals surface area contributed by atoms with Gasteiger partial charge in [-0.1, -0.05) is 6.07 Å². The van der Waals surface area contributed by atoms with Gasteiger partial charge in [-0.05, 0) is 37.0 Å². The smallest absolute Gasteiger partial charge is 0.336 e. The van der Waals surface area contributed by atoms with Gasteiger partial charge in [-0.15, -0.1) is 0 Å². The van der Waals surface area contributed by atoms with Crippen molar-refractivity contribution >= 4 is 17.7 Å². The molecule has 1 aromatic rings. The fourth-order valence-electron chi connectivity index (χ4n) is 2.94. The maximum Gasteiger partial charge on any atom is 0.336 e. The molecule has 21 heavy (non-hydrogen) atoms. The largest absolute Gasteiger partial charge is 0.478 e. The van der Waals surface area contributed by atoms with Crippen LogP contribution in [0.15, 0.2) is 18.2 Å². The van der Waals surface area contributed by atoms with Crippen molar-refractivity contribution in [3.8, 4) is 0 Å². The molecule has 1 fully saturated rings. The number of carboxylic acid groups (broad SMARTS) is 1. The molecule has 2 aliphatic heterocycles. The van der Waals surface area contributed by atoms with E-state index in [1.807, 2.05) is 6.07 Å². The van der Waals surface area contributed by atoms with Crippen LogP contribution < -0.4 is 10.2 Å². The fraction of sp³-hybridized carbons (Fsp3) is 0.467. The third-order valence-corrected chi connectivity index (χ3v) is 3.98. The van der Waals surface area contributed by atoms with E-state index in [0.717, 1.165) is 18.4 Å². The highest BCUT2D eigenvalue weighted by Crippen LogP contribution is 2.30. The number of amides is 2. The van der Waals surface area contributed by atoms with Gasteiger partial charge in [0.25, 0.3) is 0 Å². The highest BCUT2D eigenvalue weighted by molar-refractivity contribution is 5.97. The zero-order chi connectivity index (χ0) is 14.8. The molecule has 0 saturated carbocycles. The topological polar surface area (TPSA) is 78.9 Å². The first-order valence-corrected chi connectivity index (χ1v) is 7.18. The first kappa shape index (κ1) is 13.9. The van der Waals surface area contributed by atoms with Crippen LogP contribution in [0.1, 0.15) is 28.8 Å². The van der Waals surface area contributed by atoms with Gasteiger partial charge in [0.1, 0.15) is 0 Å². The van der Waals surface area contributed by atoms with Crippen LogP contribution in [-0.2, 0) is 11.2 Å². The van der Waals surface area contributed by atoms with Gasteiger partial charge >= 0.3 is 12.0 Å². The molecule has 2 N–H and O–H groups in total. The first-order valence-electron chi connectivity index (χ1n) is 7.18. The van der Waals surface area contributed by atoms with E-state index in [4.69, 9.17) is 4.74 Å². The molecule has 0 spiro atoms. The Hall–Kier alpha value is -2.08. The van der Waals surface area contributed by atoms with Crippen molar-refractivity contribution in [1.29, 1.82) is 0 Å². The van der Waals surface area contributed by atoms with Gasteiger partial charge in [-0.3, -0.25) is 4.90 Å². The molecule has 112 valence electrons. The quantitative estimate of drug-likeness (QED) is 0.868. The average molecular weight is 290 g/mol. The monoisotopic (exact) mass is 290 g/mol. The number of carbonyl (C=O) groups excluding carboxylic acids is 1. The normalized spacial score (nSPS) is 21.0. The number of nitrogens with zero attached hydrogens (tertiary/aromatic N) is 1. The maximum absolute atomic E-state index is 12.4. The summed E-state index contributed by atoms with van der Waals surface area (Å²) in [6, 6.07) is 4.96. The molecule has 2 heterocycles. The van der Waals surface area contributed by atoms with Crippen LogP contribution in [0, 0.1) is 0 Å². The predicted octanol–water partition coefficient (Wildman–Crippen LogP) is 1.64. The minimum absolute atomic E-state index is 0.0468. The van der Waals surface area contributed by atoms with Crippen molar-refractivity contribution in [3.05, 3.63) is 29.3 Å². The summed E-state index contributed by atoms with van der Waals surface area (Å²) < 4.78 is 5.25. The summed E-state index contributed by atoms with van der Waals surface area (Å²) >= 11 is 0. The second kappa shape index (κ2) is 5.73. The van der Waals surface area contributed by atoms with E-state index in [2.05, 4.69) is 5.32 Å². The predicted molar refractivity (Wildman–Crippen MR) is 76.8 cm³/mol. The minimum atomic E-state index is -0.946. The van der Waals surface area contributed by atoms with Crippen LogP contribution in [0.5, 0.6) is 0 Å². The summed E-state index contributed by atoms with van der Waals surface area (Å²) in [4.78, 5) is 25.3. The standard InChI is InChI=1S/C15H18N2O4/c18-14(19)12-3-1-5-13-11(12)4-2-7-17(13)15(20)16-10-6-8-21-9-10/h1,3,5,10H,2,4,6-9H2,(H,16,20)(H,18,19). The zero-order valence-corrected chi connectivity index (χ0v) is 11.7. The van der Waals surface area contributed by atoms with E-state index in [0.29, 0.717) is 31.9 Å². The van der Waals surface area contributed by atoms with E-state index in [1.165, 1.54) is 0 Å². The number of fused-ring (bicyclic) bond motifs is 1. The Balaban J connectivity index is 1.84. The number of carbonyl (C=O) groups is 2. The van der Waals surface area contributed by atoms with Gasteiger partial charge in [-0.2, -0.15) is 0 Å². The van der Waals surface area contributed by atoms with Crippen molar-refractivity contribution in [2.45, 2.75) is 25.3 Å².